The first-order valence-corrected chi connectivity index (χ1v) is 8.43. The van der Waals surface area contributed by atoms with E-state index < -0.39 is 11.6 Å². The molecule has 0 atom stereocenters. The Morgan fingerprint density at radius 3 is 2.52 bits per heavy atom. The summed E-state index contributed by atoms with van der Waals surface area (Å²) >= 11 is 0. The molecule has 0 radical (unpaired) electrons. The summed E-state index contributed by atoms with van der Waals surface area (Å²) < 4.78 is 28.2. The van der Waals surface area contributed by atoms with E-state index in [1.54, 1.807) is 30.0 Å². The van der Waals surface area contributed by atoms with Crippen LogP contribution in [0.1, 0.15) is 25.3 Å². The molecule has 27 heavy (non-hydrogen) atoms. The Hall–Kier alpha value is -3.13. The zero-order chi connectivity index (χ0) is 19.7. The van der Waals surface area contributed by atoms with Crippen LogP contribution in [0.2, 0.25) is 0 Å². The number of allylic oxidation sites excluding steroid dienone is 1. The summed E-state index contributed by atoms with van der Waals surface area (Å²) in [4.78, 5) is 13.2. The van der Waals surface area contributed by atoms with Crippen LogP contribution < -0.4 is 27.6 Å². The minimum Gasteiger partial charge on any atom is -0.397 e. The number of halogens is 2. The van der Waals surface area contributed by atoms with E-state index >= 15 is 0 Å². The number of benzene rings is 2. The van der Waals surface area contributed by atoms with Crippen molar-refractivity contribution in [3.63, 3.8) is 0 Å². The van der Waals surface area contributed by atoms with Gasteiger partial charge in [0.1, 0.15) is 11.6 Å². The molecule has 1 aliphatic rings. The summed E-state index contributed by atoms with van der Waals surface area (Å²) in [5.41, 5.74) is 16.2. The number of anilines is 2. The van der Waals surface area contributed by atoms with E-state index in [1.807, 2.05) is 0 Å². The standard InChI is InChI=1S/C19H21F2N5O/c1-10(25-24)19(23)13-5-2-11(6-18(13)26(9-27)12-3-4-12)14-7-16(21)17(22)8-15(14)20/h2,5-9,12,25H,3-4,22-24H2,1H3/b19-10-. The van der Waals surface area contributed by atoms with Crippen molar-refractivity contribution in [1.29, 1.82) is 0 Å². The Labute approximate surface area is 155 Å². The van der Waals surface area contributed by atoms with Gasteiger partial charge in [0.05, 0.1) is 17.1 Å². The lowest BCUT2D eigenvalue weighted by molar-refractivity contribution is -0.107. The van der Waals surface area contributed by atoms with Gasteiger partial charge in [-0.1, -0.05) is 12.1 Å². The van der Waals surface area contributed by atoms with E-state index in [0.29, 0.717) is 28.2 Å². The van der Waals surface area contributed by atoms with Crippen molar-refractivity contribution < 1.29 is 13.6 Å². The molecule has 0 heterocycles. The molecule has 2 aromatic carbocycles. The van der Waals surface area contributed by atoms with Crippen LogP contribution in [0.3, 0.4) is 0 Å². The minimum atomic E-state index is -0.714. The molecule has 2 aromatic rings. The van der Waals surface area contributed by atoms with Crippen LogP contribution in [0.25, 0.3) is 16.8 Å². The molecule has 142 valence electrons. The number of carbonyl (C=O) groups excluding carboxylic acids is 1. The maximum absolute atomic E-state index is 14.4. The molecule has 0 aromatic heterocycles. The van der Waals surface area contributed by atoms with E-state index in [0.717, 1.165) is 31.4 Å². The predicted octanol–water partition coefficient (Wildman–Crippen LogP) is 2.45. The van der Waals surface area contributed by atoms with Crippen LogP contribution in [0.5, 0.6) is 0 Å². The molecular formula is C19H21F2N5O. The van der Waals surface area contributed by atoms with Crippen LogP contribution in [0, 0.1) is 11.6 Å². The number of nitrogens with two attached hydrogens (primary N) is 3. The molecule has 0 bridgehead atoms. The Morgan fingerprint density at radius 2 is 1.93 bits per heavy atom. The largest absolute Gasteiger partial charge is 0.397 e. The number of nitrogens with zero attached hydrogens (tertiary/aromatic N) is 1. The lowest BCUT2D eigenvalue weighted by atomic mass is 9.98. The first-order valence-electron chi connectivity index (χ1n) is 8.43. The van der Waals surface area contributed by atoms with Crippen molar-refractivity contribution in [3.05, 3.63) is 53.2 Å². The Morgan fingerprint density at radius 1 is 1.22 bits per heavy atom. The third-order valence-electron chi connectivity index (χ3n) is 4.64. The Bertz CT molecular complexity index is 925. The lowest BCUT2D eigenvalue weighted by Gasteiger charge is -2.23. The SMILES string of the molecule is C/C(NN)=C(/N)c1ccc(-c2cc(F)c(N)cc2F)cc1N(C=O)C1CC1. The Kier molecular flexibility index (Phi) is 5.00. The highest BCUT2D eigenvalue weighted by atomic mass is 19.1. The molecule has 1 fully saturated rings. The van der Waals surface area contributed by atoms with Gasteiger partial charge in [-0.15, -0.1) is 0 Å². The summed E-state index contributed by atoms with van der Waals surface area (Å²) in [5, 5.41) is 0. The molecule has 1 aliphatic carbocycles. The second kappa shape index (κ2) is 7.24. The topological polar surface area (TPSA) is 110 Å². The van der Waals surface area contributed by atoms with Crippen LogP contribution in [-0.4, -0.2) is 12.5 Å². The molecule has 0 aliphatic heterocycles. The summed E-state index contributed by atoms with van der Waals surface area (Å²) in [6, 6.07) is 6.92. The predicted molar refractivity (Wildman–Crippen MR) is 102 cm³/mol. The minimum absolute atomic E-state index is 0.0485. The van der Waals surface area contributed by atoms with Crippen molar-refractivity contribution in [2.45, 2.75) is 25.8 Å². The maximum Gasteiger partial charge on any atom is 0.214 e. The second-order valence-corrected chi connectivity index (χ2v) is 6.51. The average Bonchev–Trinajstić information content (AvgIpc) is 3.49. The third-order valence-corrected chi connectivity index (χ3v) is 4.64. The highest BCUT2D eigenvalue weighted by molar-refractivity contribution is 5.88. The van der Waals surface area contributed by atoms with Gasteiger partial charge in [0.2, 0.25) is 6.41 Å². The van der Waals surface area contributed by atoms with Gasteiger partial charge in [0.25, 0.3) is 0 Å². The fraction of sp³-hybridized carbons (Fsp3) is 0.211. The number of nitrogens with one attached hydrogen (secondary N) is 1. The summed E-state index contributed by atoms with van der Waals surface area (Å²) in [5.74, 6) is 4.07. The van der Waals surface area contributed by atoms with E-state index in [2.05, 4.69) is 5.43 Å². The first-order chi connectivity index (χ1) is 12.9. The van der Waals surface area contributed by atoms with Gasteiger partial charge in [-0.2, -0.15) is 0 Å². The molecular weight excluding hydrogens is 352 g/mol. The van der Waals surface area contributed by atoms with E-state index in [9.17, 15) is 13.6 Å². The zero-order valence-corrected chi connectivity index (χ0v) is 14.8. The number of nitrogen functional groups attached to an aromatic ring is 1. The number of carbonyl (C=O) groups is 1. The summed E-state index contributed by atoms with van der Waals surface area (Å²) in [7, 11) is 0. The Balaban J connectivity index is 2.19. The molecule has 0 spiro atoms. The van der Waals surface area contributed by atoms with Crippen LogP contribution in [0.4, 0.5) is 20.2 Å². The monoisotopic (exact) mass is 373 g/mol. The van der Waals surface area contributed by atoms with Crippen LogP contribution >= 0.6 is 0 Å². The molecule has 6 nitrogen and oxygen atoms in total. The second-order valence-electron chi connectivity index (χ2n) is 6.51. The lowest BCUT2D eigenvalue weighted by Crippen LogP contribution is -2.27. The fourth-order valence-electron chi connectivity index (χ4n) is 2.90. The number of hydrogen-bond donors (Lipinski definition) is 4. The summed E-state index contributed by atoms with van der Waals surface area (Å²) in [6.45, 7) is 1.70. The van der Waals surface area contributed by atoms with Gasteiger partial charge in [-0.3, -0.25) is 10.6 Å². The van der Waals surface area contributed by atoms with Crippen molar-refractivity contribution in [2.24, 2.45) is 11.6 Å². The van der Waals surface area contributed by atoms with Gasteiger partial charge in [-0.25, -0.2) is 8.78 Å². The zero-order valence-electron chi connectivity index (χ0n) is 14.8. The number of hydrogen-bond acceptors (Lipinski definition) is 5. The highest BCUT2D eigenvalue weighted by Gasteiger charge is 2.31. The fourth-order valence-corrected chi connectivity index (χ4v) is 2.90. The van der Waals surface area contributed by atoms with Crippen molar-refractivity contribution in [1.82, 2.24) is 5.43 Å². The molecule has 8 heteroatoms. The average molecular weight is 373 g/mol. The van der Waals surface area contributed by atoms with Gasteiger partial charge in [0.15, 0.2) is 0 Å². The van der Waals surface area contributed by atoms with Gasteiger partial charge in [-0.05, 0) is 37.5 Å². The van der Waals surface area contributed by atoms with E-state index in [1.165, 1.54) is 0 Å². The highest BCUT2D eigenvalue weighted by Crippen LogP contribution is 2.38. The smallest absolute Gasteiger partial charge is 0.214 e. The van der Waals surface area contributed by atoms with Crippen LogP contribution in [-0.2, 0) is 4.79 Å². The number of rotatable bonds is 6. The van der Waals surface area contributed by atoms with Gasteiger partial charge in [0, 0.05) is 28.9 Å². The van der Waals surface area contributed by atoms with Crippen molar-refractivity contribution in [3.8, 4) is 11.1 Å². The number of hydrazine groups is 1. The molecule has 1 saturated carbocycles. The first kappa shape index (κ1) is 18.7. The number of amides is 1. The summed E-state index contributed by atoms with van der Waals surface area (Å²) in [6.07, 6.45) is 2.45. The van der Waals surface area contributed by atoms with E-state index in [-0.39, 0.29) is 17.3 Å². The third kappa shape index (κ3) is 3.56. The van der Waals surface area contributed by atoms with Crippen molar-refractivity contribution in [2.75, 3.05) is 10.6 Å². The van der Waals surface area contributed by atoms with Gasteiger partial charge >= 0.3 is 0 Å². The maximum atomic E-state index is 14.4. The molecule has 3 rings (SSSR count). The van der Waals surface area contributed by atoms with E-state index in [4.69, 9.17) is 17.3 Å². The van der Waals surface area contributed by atoms with Crippen molar-refractivity contribution >= 4 is 23.5 Å². The molecule has 1 amide bonds. The quantitative estimate of drug-likeness (QED) is 0.269. The molecule has 7 N–H and O–H groups in total. The van der Waals surface area contributed by atoms with Gasteiger partial charge < -0.3 is 21.8 Å². The normalized spacial score (nSPS) is 14.5. The van der Waals surface area contributed by atoms with Crippen LogP contribution in [0.15, 0.2) is 36.0 Å². The molecule has 0 unspecified atom stereocenters. The molecule has 0 saturated heterocycles.